The number of fused-ring (bicyclic) bond motifs is 1. The Hall–Kier alpha value is -2.75. The van der Waals surface area contributed by atoms with Gasteiger partial charge in [-0.2, -0.15) is 0 Å². The van der Waals surface area contributed by atoms with Crippen LogP contribution in [-0.4, -0.2) is 17.2 Å². The Kier molecular flexibility index (Phi) is 3.60. The molecule has 2 aromatic carbocycles. The molecule has 1 aromatic heterocycles. The van der Waals surface area contributed by atoms with E-state index in [4.69, 9.17) is 4.74 Å². The van der Waals surface area contributed by atoms with E-state index in [0.29, 0.717) is 12.3 Å². The van der Waals surface area contributed by atoms with Crippen molar-refractivity contribution in [1.29, 1.82) is 0 Å². The molecular formula is C17H16N2O2. The van der Waals surface area contributed by atoms with E-state index >= 15 is 0 Å². The summed E-state index contributed by atoms with van der Waals surface area (Å²) in [7, 11) is 1.58. The number of ether oxygens (including phenoxy) is 1. The maximum absolute atomic E-state index is 9.94. The number of nitrogens with one attached hydrogen (secondary N) is 1. The molecule has 2 N–H and O–H groups in total. The summed E-state index contributed by atoms with van der Waals surface area (Å²) in [6, 6.07) is 15.2. The monoisotopic (exact) mass is 280 g/mol. The Bertz CT molecular complexity index is 772. The zero-order valence-corrected chi connectivity index (χ0v) is 11.7. The van der Waals surface area contributed by atoms with Crippen LogP contribution in [0.1, 0.15) is 5.56 Å². The van der Waals surface area contributed by atoms with Gasteiger partial charge in [-0.05, 0) is 36.4 Å². The molecule has 0 amide bonds. The first kappa shape index (κ1) is 13.2. The number of aromatic nitrogens is 1. The molecule has 0 spiro atoms. The smallest absolute Gasteiger partial charge is 0.124 e. The van der Waals surface area contributed by atoms with Crippen LogP contribution in [0.2, 0.25) is 0 Å². The third kappa shape index (κ3) is 2.89. The Morgan fingerprint density at radius 2 is 2.05 bits per heavy atom. The molecule has 0 fully saturated rings. The quantitative estimate of drug-likeness (QED) is 0.767. The summed E-state index contributed by atoms with van der Waals surface area (Å²) in [5, 5.41) is 14.3. The van der Waals surface area contributed by atoms with Gasteiger partial charge in [0, 0.05) is 35.4 Å². The number of phenols is 1. The molecule has 0 unspecified atom stereocenters. The normalized spacial score (nSPS) is 10.5. The number of nitrogens with zero attached hydrogens (tertiary/aromatic N) is 1. The molecule has 0 saturated carbocycles. The molecule has 0 bridgehead atoms. The summed E-state index contributed by atoms with van der Waals surface area (Å²) in [6.45, 7) is 0.543. The number of benzene rings is 2. The largest absolute Gasteiger partial charge is 0.507 e. The second-order valence-corrected chi connectivity index (χ2v) is 4.76. The fraction of sp³-hybridized carbons (Fsp3) is 0.118. The molecule has 4 nitrogen and oxygen atoms in total. The molecule has 0 aliphatic carbocycles. The number of aromatic hydroxyl groups is 1. The van der Waals surface area contributed by atoms with Crippen LogP contribution in [0.4, 0.5) is 5.69 Å². The number of hydrogen-bond acceptors (Lipinski definition) is 4. The number of methoxy groups -OCH3 is 1. The van der Waals surface area contributed by atoms with Crippen molar-refractivity contribution in [1.82, 2.24) is 4.98 Å². The fourth-order valence-electron chi connectivity index (χ4n) is 2.20. The van der Waals surface area contributed by atoms with Gasteiger partial charge in [-0.15, -0.1) is 0 Å². The van der Waals surface area contributed by atoms with E-state index in [2.05, 4.69) is 10.3 Å². The van der Waals surface area contributed by atoms with Crippen molar-refractivity contribution in [3.63, 3.8) is 0 Å². The van der Waals surface area contributed by atoms with Crippen LogP contribution in [0.3, 0.4) is 0 Å². The second-order valence-electron chi connectivity index (χ2n) is 4.76. The molecule has 0 aliphatic rings. The van der Waals surface area contributed by atoms with Gasteiger partial charge in [-0.25, -0.2) is 0 Å². The first-order chi connectivity index (χ1) is 10.3. The van der Waals surface area contributed by atoms with Crippen molar-refractivity contribution in [3.8, 4) is 11.5 Å². The molecule has 106 valence electrons. The van der Waals surface area contributed by atoms with E-state index < -0.39 is 0 Å². The summed E-state index contributed by atoms with van der Waals surface area (Å²) < 4.78 is 5.07. The SMILES string of the molecule is COc1ccc(CNc2ccc3ncccc3c2)c(O)c1. The van der Waals surface area contributed by atoms with Crippen LogP contribution >= 0.6 is 0 Å². The molecular weight excluding hydrogens is 264 g/mol. The van der Waals surface area contributed by atoms with Gasteiger partial charge in [-0.3, -0.25) is 4.98 Å². The first-order valence-corrected chi connectivity index (χ1v) is 6.71. The zero-order chi connectivity index (χ0) is 14.7. The Morgan fingerprint density at radius 3 is 2.86 bits per heavy atom. The van der Waals surface area contributed by atoms with Gasteiger partial charge in [-0.1, -0.05) is 6.07 Å². The number of pyridine rings is 1. The minimum Gasteiger partial charge on any atom is -0.507 e. The molecule has 1 heterocycles. The molecule has 3 rings (SSSR count). The van der Waals surface area contributed by atoms with Gasteiger partial charge >= 0.3 is 0 Å². The Labute approximate surface area is 123 Å². The predicted octanol–water partition coefficient (Wildman–Crippen LogP) is 3.56. The van der Waals surface area contributed by atoms with Gasteiger partial charge < -0.3 is 15.2 Å². The van der Waals surface area contributed by atoms with Crippen molar-refractivity contribution >= 4 is 16.6 Å². The van der Waals surface area contributed by atoms with E-state index in [0.717, 1.165) is 22.2 Å². The van der Waals surface area contributed by atoms with Crippen molar-refractivity contribution in [3.05, 3.63) is 60.3 Å². The molecule has 0 atom stereocenters. The lowest BCUT2D eigenvalue weighted by Gasteiger charge is -2.10. The van der Waals surface area contributed by atoms with E-state index in [1.54, 1.807) is 19.4 Å². The number of hydrogen-bond donors (Lipinski definition) is 2. The van der Waals surface area contributed by atoms with Crippen LogP contribution < -0.4 is 10.1 Å². The topological polar surface area (TPSA) is 54.4 Å². The molecule has 0 saturated heterocycles. The fourth-order valence-corrected chi connectivity index (χ4v) is 2.20. The molecule has 0 aliphatic heterocycles. The maximum Gasteiger partial charge on any atom is 0.124 e. The summed E-state index contributed by atoms with van der Waals surface area (Å²) >= 11 is 0. The lowest BCUT2D eigenvalue weighted by molar-refractivity contribution is 0.406. The highest BCUT2D eigenvalue weighted by Gasteiger charge is 2.03. The van der Waals surface area contributed by atoms with Crippen molar-refractivity contribution < 1.29 is 9.84 Å². The molecule has 0 radical (unpaired) electrons. The summed E-state index contributed by atoms with van der Waals surface area (Å²) in [4.78, 5) is 4.29. The highest BCUT2D eigenvalue weighted by molar-refractivity contribution is 5.82. The average Bonchev–Trinajstić information content (AvgIpc) is 2.53. The van der Waals surface area contributed by atoms with Gasteiger partial charge in [0.25, 0.3) is 0 Å². The standard InChI is InChI=1S/C17H16N2O2/c1-21-15-6-4-13(17(20)10-15)11-19-14-5-7-16-12(9-14)3-2-8-18-16/h2-10,19-20H,11H2,1H3. The highest BCUT2D eigenvalue weighted by Crippen LogP contribution is 2.24. The molecule has 21 heavy (non-hydrogen) atoms. The maximum atomic E-state index is 9.94. The predicted molar refractivity (Wildman–Crippen MR) is 83.7 cm³/mol. The van der Waals surface area contributed by atoms with Crippen molar-refractivity contribution in [2.24, 2.45) is 0 Å². The van der Waals surface area contributed by atoms with Crippen LogP contribution in [0, 0.1) is 0 Å². The lowest BCUT2D eigenvalue weighted by atomic mass is 10.1. The van der Waals surface area contributed by atoms with Crippen LogP contribution in [0.15, 0.2) is 54.7 Å². The van der Waals surface area contributed by atoms with E-state index in [1.807, 2.05) is 42.5 Å². The zero-order valence-electron chi connectivity index (χ0n) is 11.7. The highest BCUT2D eigenvalue weighted by atomic mass is 16.5. The van der Waals surface area contributed by atoms with Crippen molar-refractivity contribution in [2.75, 3.05) is 12.4 Å². The minimum absolute atomic E-state index is 0.226. The van der Waals surface area contributed by atoms with E-state index in [9.17, 15) is 5.11 Å². The molecule has 4 heteroatoms. The third-order valence-corrected chi connectivity index (χ3v) is 3.38. The van der Waals surface area contributed by atoms with E-state index in [1.165, 1.54) is 0 Å². The number of anilines is 1. The van der Waals surface area contributed by atoms with Gasteiger partial charge in [0.15, 0.2) is 0 Å². The van der Waals surface area contributed by atoms with Crippen LogP contribution in [0.5, 0.6) is 11.5 Å². The van der Waals surface area contributed by atoms with E-state index in [-0.39, 0.29) is 5.75 Å². The number of rotatable bonds is 4. The van der Waals surface area contributed by atoms with Gasteiger partial charge in [0.2, 0.25) is 0 Å². The first-order valence-electron chi connectivity index (χ1n) is 6.71. The summed E-state index contributed by atoms with van der Waals surface area (Å²) in [6.07, 6.45) is 1.78. The average molecular weight is 280 g/mol. The molecule has 3 aromatic rings. The van der Waals surface area contributed by atoms with Crippen LogP contribution in [-0.2, 0) is 6.54 Å². The Morgan fingerprint density at radius 1 is 1.14 bits per heavy atom. The third-order valence-electron chi connectivity index (χ3n) is 3.38. The lowest BCUT2D eigenvalue weighted by Crippen LogP contribution is -2.00. The van der Waals surface area contributed by atoms with Gasteiger partial charge in [0.1, 0.15) is 11.5 Å². The summed E-state index contributed by atoms with van der Waals surface area (Å²) in [5.74, 6) is 0.873. The second kappa shape index (κ2) is 5.71. The van der Waals surface area contributed by atoms with Crippen molar-refractivity contribution in [2.45, 2.75) is 6.54 Å². The minimum atomic E-state index is 0.226. The van der Waals surface area contributed by atoms with Gasteiger partial charge in [0.05, 0.1) is 12.6 Å². The Balaban J connectivity index is 1.77. The number of phenolic OH excluding ortho intramolecular Hbond substituents is 1. The van der Waals surface area contributed by atoms with Crippen LogP contribution in [0.25, 0.3) is 10.9 Å². The summed E-state index contributed by atoms with van der Waals surface area (Å²) in [5.41, 5.74) is 2.78.